The summed E-state index contributed by atoms with van der Waals surface area (Å²) in [6, 6.07) is 0. The van der Waals surface area contributed by atoms with Gasteiger partial charge in [0.05, 0.1) is 9.77 Å². The highest BCUT2D eigenvalue weighted by molar-refractivity contribution is 14.1. The average molecular weight is 317 g/mol. The van der Waals surface area contributed by atoms with Crippen molar-refractivity contribution in [2.24, 2.45) is 5.92 Å². The molecule has 12 heavy (non-hydrogen) atoms. The van der Waals surface area contributed by atoms with Gasteiger partial charge in [-0.3, -0.25) is 4.68 Å². The van der Waals surface area contributed by atoms with E-state index in [0.717, 1.165) is 16.5 Å². The largest absolute Gasteiger partial charge is 0.271 e. The summed E-state index contributed by atoms with van der Waals surface area (Å²) < 4.78 is 2.54. The maximum Gasteiger partial charge on any atom is 0.123 e. The van der Waals surface area contributed by atoms with Crippen molar-refractivity contribution in [2.75, 3.05) is 0 Å². The molecule has 1 fully saturated rings. The molecule has 0 aliphatic heterocycles. The van der Waals surface area contributed by atoms with Crippen LogP contribution in [0.5, 0.6) is 0 Å². The van der Waals surface area contributed by atoms with Gasteiger partial charge < -0.3 is 0 Å². The van der Waals surface area contributed by atoms with Crippen LogP contribution in [0.1, 0.15) is 6.42 Å². The summed E-state index contributed by atoms with van der Waals surface area (Å²) in [5.41, 5.74) is 0. The normalized spacial score (nSPS) is 25.8. The average Bonchev–Trinajstić information content (AvgIpc) is 2.41. The molecule has 66 valence electrons. The van der Waals surface area contributed by atoms with E-state index in [9.17, 15) is 0 Å². The summed E-state index contributed by atoms with van der Waals surface area (Å²) in [5.74, 6) is 0.372. The summed E-state index contributed by atoms with van der Waals surface area (Å²) in [4.78, 5) is 0. The van der Waals surface area contributed by atoms with Crippen LogP contribution in [0.2, 0.25) is 0 Å². The number of rotatable bonds is 2. The lowest BCUT2D eigenvalue weighted by molar-refractivity contribution is 0.559. The number of aromatic nitrogens is 2. The van der Waals surface area contributed by atoms with Gasteiger partial charge in [-0.15, -0.1) is 23.2 Å². The molecule has 1 aliphatic rings. The molecule has 0 spiro atoms. The van der Waals surface area contributed by atoms with Gasteiger partial charge in [0.1, 0.15) is 4.33 Å². The van der Waals surface area contributed by atoms with Crippen molar-refractivity contribution >= 4 is 45.8 Å². The molecule has 0 bridgehead atoms. The Labute approximate surface area is 94.4 Å². The molecule has 1 saturated carbocycles. The lowest BCUT2D eigenvalue weighted by atomic mass is 10.4. The van der Waals surface area contributed by atoms with Crippen LogP contribution in [0.3, 0.4) is 0 Å². The highest BCUT2D eigenvalue weighted by Crippen LogP contribution is 2.53. The third-order valence-corrected chi connectivity index (χ3v) is 3.45. The van der Waals surface area contributed by atoms with Gasteiger partial charge in [-0.2, -0.15) is 5.10 Å². The third kappa shape index (κ3) is 1.88. The predicted molar refractivity (Wildman–Crippen MR) is 57.5 cm³/mol. The SMILES string of the molecule is ClC1(Cl)CC1Cn1cc(I)cn1. The third-order valence-electron chi connectivity index (χ3n) is 1.96. The fourth-order valence-electron chi connectivity index (χ4n) is 1.13. The minimum Gasteiger partial charge on any atom is -0.271 e. The predicted octanol–water partition coefficient (Wildman–Crippen LogP) is 2.68. The summed E-state index contributed by atoms with van der Waals surface area (Å²) in [5, 5.41) is 4.15. The number of halogens is 3. The first-order chi connectivity index (χ1) is 5.58. The second kappa shape index (κ2) is 3.03. The van der Waals surface area contributed by atoms with E-state index in [1.807, 2.05) is 17.1 Å². The van der Waals surface area contributed by atoms with Crippen molar-refractivity contribution in [3.05, 3.63) is 16.0 Å². The van der Waals surface area contributed by atoms with Crippen LogP contribution in [0.25, 0.3) is 0 Å². The molecule has 2 nitrogen and oxygen atoms in total. The van der Waals surface area contributed by atoms with E-state index in [1.165, 1.54) is 0 Å². The quantitative estimate of drug-likeness (QED) is 0.606. The van der Waals surface area contributed by atoms with E-state index in [-0.39, 0.29) is 0 Å². The Balaban J connectivity index is 1.97. The Morgan fingerprint density at radius 3 is 2.83 bits per heavy atom. The van der Waals surface area contributed by atoms with Crippen molar-refractivity contribution in [1.82, 2.24) is 9.78 Å². The maximum absolute atomic E-state index is 5.89. The van der Waals surface area contributed by atoms with Crippen molar-refractivity contribution in [3.8, 4) is 0 Å². The van der Waals surface area contributed by atoms with Crippen LogP contribution >= 0.6 is 45.8 Å². The molecule has 0 saturated heterocycles. The van der Waals surface area contributed by atoms with Crippen molar-refractivity contribution in [2.45, 2.75) is 17.3 Å². The maximum atomic E-state index is 5.89. The minimum absolute atomic E-state index is 0.372. The van der Waals surface area contributed by atoms with Crippen LogP contribution in [-0.4, -0.2) is 14.1 Å². The lowest BCUT2D eigenvalue weighted by Gasteiger charge is -1.99. The van der Waals surface area contributed by atoms with Gasteiger partial charge in [-0.25, -0.2) is 0 Å². The molecule has 2 rings (SSSR count). The zero-order chi connectivity index (χ0) is 8.77. The molecule has 1 heterocycles. The highest BCUT2D eigenvalue weighted by Gasteiger charge is 2.51. The molecule has 0 aromatic carbocycles. The topological polar surface area (TPSA) is 17.8 Å². The van der Waals surface area contributed by atoms with Crippen LogP contribution in [0.4, 0.5) is 0 Å². The molecule has 1 unspecified atom stereocenters. The second-order valence-corrected chi connectivity index (χ2v) is 5.83. The van der Waals surface area contributed by atoms with Crippen molar-refractivity contribution in [3.63, 3.8) is 0 Å². The summed E-state index contributed by atoms with van der Waals surface area (Å²) in [7, 11) is 0. The van der Waals surface area contributed by atoms with E-state index < -0.39 is 4.33 Å². The van der Waals surface area contributed by atoms with Gasteiger partial charge in [0.15, 0.2) is 0 Å². The Kier molecular flexibility index (Phi) is 2.29. The van der Waals surface area contributed by atoms with E-state index >= 15 is 0 Å². The number of hydrogen-bond acceptors (Lipinski definition) is 1. The smallest absolute Gasteiger partial charge is 0.123 e. The van der Waals surface area contributed by atoms with Crippen LogP contribution in [-0.2, 0) is 6.54 Å². The van der Waals surface area contributed by atoms with Crippen molar-refractivity contribution in [1.29, 1.82) is 0 Å². The summed E-state index contributed by atoms with van der Waals surface area (Å²) in [6.07, 6.45) is 4.70. The lowest BCUT2D eigenvalue weighted by Crippen LogP contribution is -2.03. The summed E-state index contributed by atoms with van der Waals surface area (Å²) in [6.45, 7) is 0.829. The number of alkyl halides is 2. The van der Waals surface area contributed by atoms with Gasteiger partial charge in [-0.05, 0) is 29.0 Å². The van der Waals surface area contributed by atoms with Gasteiger partial charge in [0.2, 0.25) is 0 Å². The van der Waals surface area contributed by atoms with Crippen LogP contribution < -0.4 is 0 Å². The Hall–Kier alpha value is 0.520. The van der Waals surface area contributed by atoms with E-state index in [1.54, 1.807) is 0 Å². The monoisotopic (exact) mass is 316 g/mol. The van der Waals surface area contributed by atoms with Crippen molar-refractivity contribution < 1.29 is 0 Å². The van der Waals surface area contributed by atoms with Crippen LogP contribution in [0.15, 0.2) is 12.4 Å². The molecule has 0 amide bonds. The Morgan fingerprint density at radius 2 is 2.42 bits per heavy atom. The first-order valence-electron chi connectivity index (χ1n) is 3.64. The molecular weight excluding hydrogens is 310 g/mol. The van der Waals surface area contributed by atoms with Crippen LogP contribution in [0, 0.1) is 9.49 Å². The fourth-order valence-corrected chi connectivity index (χ4v) is 2.09. The minimum atomic E-state index is -0.489. The number of nitrogens with zero attached hydrogens (tertiary/aromatic N) is 2. The Bertz CT molecular complexity index is 297. The Morgan fingerprint density at radius 1 is 1.75 bits per heavy atom. The molecule has 0 N–H and O–H groups in total. The van der Waals surface area contributed by atoms with E-state index in [0.29, 0.717) is 5.92 Å². The second-order valence-electron chi connectivity index (χ2n) is 3.04. The van der Waals surface area contributed by atoms with E-state index in [4.69, 9.17) is 23.2 Å². The molecule has 0 radical (unpaired) electrons. The number of hydrogen-bond donors (Lipinski definition) is 0. The van der Waals surface area contributed by atoms with Gasteiger partial charge in [0.25, 0.3) is 0 Å². The molecule has 5 heteroatoms. The molecule has 1 atom stereocenters. The zero-order valence-corrected chi connectivity index (χ0v) is 9.84. The molecule has 1 aliphatic carbocycles. The first kappa shape index (κ1) is 9.09. The van der Waals surface area contributed by atoms with Gasteiger partial charge in [-0.1, -0.05) is 0 Å². The standard InChI is InChI=1S/C7H7Cl2IN2/c8-7(9)1-5(7)3-12-4-6(10)2-11-12/h2,4-5H,1,3H2. The first-order valence-corrected chi connectivity index (χ1v) is 5.47. The van der Waals surface area contributed by atoms with Gasteiger partial charge >= 0.3 is 0 Å². The van der Waals surface area contributed by atoms with Gasteiger partial charge in [0, 0.05) is 18.7 Å². The van der Waals surface area contributed by atoms with E-state index in [2.05, 4.69) is 27.7 Å². The molecular formula is C7H7Cl2IN2. The summed E-state index contributed by atoms with van der Waals surface area (Å²) >= 11 is 14.0. The highest BCUT2D eigenvalue weighted by atomic mass is 127. The molecule has 1 aromatic rings. The zero-order valence-electron chi connectivity index (χ0n) is 6.17. The molecule has 1 aromatic heterocycles. The fraction of sp³-hybridized carbons (Fsp3) is 0.571.